The third-order valence-electron chi connectivity index (χ3n) is 5.40. The summed E-state index contributed by atoms with van der Waals surface area (Å²) in [7, 11) is 0. The van der Waals surface area contributed by atoms with Crippen LogP contribution in [0.5, 0.6) is 0 Å². The van der Waals surface area contributed by atoms with Crippen molar-refractivity contribution in [3.63, 3.8) is 0 Å². The van der Waals surface area contributed by atoms with Crippen LogP contribution in [0.4, 0.5) is 17.1 Å². The summed E-state index contributed by atoms with van der Waals surface area (Å²) in [6.07, 6.45) is 1.06. The van der Waals surface area contributed by atoms with Crippen LogP contribution in [0.2, 0.25) is 0 Å². The topological polar surface area (TPSA) is 83.8 Å². The molecule has 0 saturated carbocycles. The third-order valence-corrected chi connectivity index (χ3v) is 5.40. The number of benzene rings is 2. The van der Waals surface area contributed by atoms with Crippen LogP contribution in [0.1, 0.15) is 41.0 Å². The summed E-state index contributed by atoms with van der Waals surface area (Å²) in [5, 5.41) is 11.7. The first kappa shape index (κ1) is 18.2. The van der Waals surface area contributed by atoms with Crippen molar-refractivity contribution in [2.75, 3.05) is 22.9 Å². The maximum atomic E-state index is 13.0. The van der Waals surface area contributed by atoms with Crippen LogP contribution >= 0.6 is 0 Å². The smallest absolute Gasteiger partial charge is 0.293 e. The molecule has 2 aromatic carbocycles. The quantitative estimate of drug-likeness (QED) is 0.459. The van der Waals surface area contributed by atoms with Crippen molar-refractivity contribution in [2.45, 2.75) is 20.3 Å². The molecule has 2 aliphatic rings. The zero-order valence-electron chi connectivity index (χ0n) is 15.8. The molecular weight excluding hydrogens is 358 g/mol. The number of carbonyl (C=O) groups excluding carboxylic acids is 2. The van der Waals surface area contributed by atoms with Crippen molar-refractivity contribution < 1.29 is 14.5 Å². The summed E-state index contributed by atoms with van der Waals surface area (Å²) in [6.45, 7) is 5.62. The lowest BCUT2D eigenvalue weighted by Gasteiger charge is -2.36. The molecule has 0 radical (unpaired) electrons. The molecule has 2 amide bonds. The van der Waals surface area contributed by atoms with E-state index < -0.39 is 16.7 Å². The maximum Gasteiger partial charge on any atom is 0.293 e. The van der Waals surface area contributed by atoms with Crippen molar-refractivity contribution in [2.24, 2.45) is 11.8 Å². The van der Waals surface area contributed by atoms with Gasteiger partial charge in [-0.3, -0.25) is 19.7 Å². The summed E-state index contributed by atoms with van der Waals surface area (Å²) in [5.41, 5.74) is 1.05. The minimum Gasteiger partial charge on any atom is -0.365 e. The SMILES string of the molecule is C[C@@H]1C[C@H](C)CN(c2cc3c(cc2[N+](=O)[O-])C(=O)N(c2ccccc2)C3=O)C1. The van der Waals surface area contributed by atoms with Gasteiger partial charge in [0.05, 0.1) is 21.7 Å². The van der Waals surface area contributed by atoms with Gasteiger partial charge in [0.2, 0.25) is 0 Å². The highest BCUT2D eigenvalue weighted by molar-refractivity contribution is 6.35. The lowest BCUT2D eigenvalue weighted by atomic mass is 9.91. The first-order valence-electron chi connectivity index (χ1n) is 9.38. The van der Waals surface area contributed by atoms with Gasteiger partial charge in [-0.25, -0.2) is 4.90 Å². The number of anilines is 2. The average Bonchev–Trinajstić information content (AvgIpc) is 2.90. The fraction of sp³-hybridized carbons (Fsp3) is 0.333. The highest BCUT2D eigenvalue weighted by Gasteiger charge is 2.40. The van der Waals surface area contributed by atoms with Gasteiger partial charge in [-0.05, 0) is 36.5 Å². The van der Waals surface area contributed by atoms with E-state index in [9.17, 15) is 19.7 Å². The highest BCUT2D eigenvalue weighted by atomic mass is 16.6. The molecule has 0 aliphatic carbocycles. The van der Waals surface area contributed by atoms with E-state index in [1.165, 1.54) is 12.1 Å². The normalized spacial score (nSPS) is 21.8. The van der Waals surface area contributed by atoms with E-state index in [2.05, 4.69) is 13.8 Å². The van der Waals surface area contributed by atoms with Crippen LogP contribution in [0.15, 0.2) is 42.5 Å². The average molecular weight is 379 g/mol. The standard InChI is InChI=1S/C21H21N3O4/c1-13-8-14(2)12-22(11-13)18-9-16-17(10-19(18)24(27)28)21(26)23(20(16)25)15-6-4-3-5-7-15/h3-7,9-10,13-14H,8,11-12H2,1-2H3/t13-,14+. The zero-order chi connectivity index (χ0) is 20.0. The Hall–Kier alpha value is -3.22. The number of carbonyl (C=O) groups is 2. The number of imide groups is 1. The predicted molar refractivity (Wildman–Crippen MR) is 106 cm³/mol. The second-order valence-corrected chi connectivity index (χ2v) is 7.78. The van der Waals surface area contributed by atoms with Crippen LogP contribution in [-0.2, 0) is 0 Å². The summed E-state index contributed by atoms with van der Waals surface area (Å²) in [6, 6.07) is 11.4. The minimum atomic E-state index is -0.527. The van der Waals surface area contributed by atoms with Gasteiger partial charge in [0, 0.05) is 19.2 Å². The lowest BCUT2D eigenvalue weighted by molar-refractivity contribution is -0.384. The molecule has 2 heterocycles. The molecule has 1 saturated heterocycles. The Kier molecular flexibility index (Phi) is 4.37. The molecule has 2 aromatic rings. The molecule has 0 unspecified atom stereocenters. The van der Waals surface area contributed by atoms with Gasteiger partial charge in [0.25, 0.3) is 17.5 Å². The van der Waals surface area contributed by atoms with E-state index in [4.69, 9.17) is 0 Å². The van der Waals surface area contributed by atoms with Crippen molar-refractivity contribution in [3.05, 3.63) is 63.7 Å². The molecular formula is C21H21N3O4. The minimum absolute atomic E-state index is 0.0856. The molecule has 0 aromatic heterocycles. The fourth-order valence-electron chi connectivity index (χ4n) is 4.33. The van der Waals surface area contributed by atoms with E-state index in [0.29, 0.717) is 36.3 Å². The zero-order valence-corrected chi connectivity index (χ0v) is 15.8. The Bertz CT molecular complexity index is 963. The van der Waals surface area contributed by atoms with Gasteiger partial charge in [-0.1, -0.05) is 32.0 Å². The largest absolute Gasteiger partial charge is 0.365 e. The molecule has 4 rings (SSSR count). The second-order valence-electron chi connectivity index (χ2n) is 7.78. The number of nitro groups is 1. The van der Waals surface area contributed by atoms with Gasteiger partial charge >= 0.3 is 0 Å². The van der Waals surface area contributed by atoms with Crippen LogP contribution < -0.4 is 9.80 Å². The number of nitro benzene ring substituents is 1. The van der Waals surface area contributed by atoms with Crippen LogP contribution in [0.25, 0.3) is 0 Å². The number of para-hydroxylation sites is 1. The van der Waals surface area contributed by atoms with Crippen molar-refractivity contribution in [1.82, 2.24) is 0 Å². The Labute approximate surface area is 162 Å². The van der Waals surface area contributed by atoms with Crippen molar-refractivity contribution >= 4 is 28.9 Å². The Morgan fingerprint density at radius 3 is 2.11 bits per heavy atom. The first-order valence-corrected chi connectivity index (χ1v) is 9.38. The molecule has 0 bridgehead atoms. The molecule has 144 valence electrons. The number of hydrogen-bond acceptors (Lipinski definition) is 5. The monoisotopic (exact) mass is 379 g/mol. The van der Waals surface area contributed by atoms with Crippen molar-refractivity contribution in [1.29, 1.82) is 0 Å². The molecule has 1 fully saturated rings. The molecule has 0 N–H and O–H groups in total. The summed E-state index contributed by atoms with van der Waals surface area (Å²) in [4.78, 5) is 40.1. The Morgan fingerprint density at radius 1 is 0.964 bits per heavy atom. The van der Waals surface area contributed by atoms with Gasteiger partial charge in [-0.15, -0.1) is 0 Å². The number of fused-ring (bicyclic) bond motifs is 1. The number of nitrogens with zero attached hydrogens (tertiary/aromatic N) is 3. The Balaban J connectivity index is 1.81. The third kappa shape index (κ3) is 2.93. The summed E-state index contributed by atoms with van der Waals surface area (Å²) < 4.78 is 0. The summed E-state index contributed by atoms with van der Waals surface area (Å²) in [5.74, 6) is -0.175. The lowest BCUT2D eigenvalue weighted by Crippen LogP contribution is -2.39. The van der Waals surface area contributed by atoms with Crippen LogP contribution in [-0.4, -0.2) is 29.8 Å². The second kappa shape index (κ2) is 6.74. The van der Waals surface area contributed by atoms with E-state index in [1.54, 1.807) is 30.3 Å². The van der Waals surface area contributed by atoms with Gasteiger partial charge in [0.15, 0.2) is 0 Å². The molecule has 7 nitrogen and oxygen atoms in total. The number of amides is 2. The number of hydrogen-bond donors (Lipinski definition) is 0. The molecule has 7 heteroatoms. The first-order chi connectivity index (χ1) is 13.4. The number of piperidine rings is 1. The fourth-order valence-corrected chi connectivity index (χ4v) is 4.33. The summed E-state index contributed by atoms with van der Waals surface area (Å²) >= 11 is 0. The molecule has 2 aliphatic heterocycles. The van der Waals surface area contributed by atoms with Gasteiger partial charge in [0.1, 0.15) is 5.69 Å². The van der Waals surface area contributed by atoms with E-state index in [-0.39, 0.29) is 16.8 Å². The van der Waals surface area contributed by atoms with E-state index >= 15 is 0 Å². The van der Waals surface area contributed by atoms with Crippen molar-refractivity contribution in [3.8, 4) is 0 Å². The van der Waals surface area contributed by atoms with Gasteiger partial charge in [-0.2, -0.15) is 0 Å². The van der Waals surface area contributed by atoms with Crippen LogP contribution in [0.3, 0.4) is 0 Å². The molecule has 28 heavy (non-hydrogen) atoms. The van der Waals surface area contributed by atoms with Gasteiger partial charge < -0.3 is 4.90 Å². The van der Waals surface area contributed by atoms with E-state index in [1.807, 2.05) is 4.90 Å². The predicted octanol–water partition coefficient (Wildman–Crippen LogP) is 3.88. The molecule has 2 atom stereocenters. The molecule has 0 spiro atoms. The number of rotatable bonds is 3. The van der Waals surface area contributed by atoms with E-state index in [0.717, 1.165) is 11.3 Å². The van der Waals surface area contributed by atoms with Crippen LogP contribution in [0, 0.1) is 22.0 Å². The highest BCUT2D eigenvalue weighted by Crippen LogP contribution is 2.39. The maximum absolute atomic E-state index is 13.0. The Morgan fingerprint density at radius 2 is 1.54 bits per heavy atom.